The van der Waals surface area contributed by atoms with Crippen molar-refractivity contribution in [2.75, 3.05) is 0 Å². The molecule has 7 nitrogen and oxygen atoms in total. The lowest BCUT2D eigenvalue weighted by Gasteiger charge is -2.16. The van der Waals surface area contributed by atoms with Gasteiger partial charge in [-0.3, -0.25) is 0 Å². The Morgan fingerprint density at radius 2 is 2.15 bits per heavy atom. The van der Waals surface area contributed by atoms with Gasteiger partial charge < -0.3 is 14.6 Å². The lowest BCUT2D eigenvalue weighted by atomic mass is 10.1. The fraction of sp³-hybridized carbons (Fsp3) is 0.455. The van der Waals surface area contributed by atoms with Crippen LogP contribution in [0.2, 0.25) is 0 Å². The molecule has 0 unspecified atom stereocenters. The second kappa shape index (κ2) is 7.04. The molecule has 1 aromatic heterocycles. The summed E-state index contributed by atoms with van der Waals surface area (Å²) in [5, 5.41) is 14.8. The summed E-state index contributed by atoms with van der Waals surface area (Å²) in [4.78, 5) is 31.5. The minimum Gasteiger partial charge on any atom is -0.541 e. The van der Waals surface area contributed by atoms with Crippen molar-refractivity contribution in [3.63, 3.8) is 0 Å². The molecule has 0 aliphatic carbocycles. The maximum atomic E-state index is 11.4. The van der Waals surface area contributed by atoms with E-state index in [4.69, 9.17) is 18.0 Å². The van der Waals surface area contributed by atoms with Crippen molar-refractivity contribution in [3.05, 3.63) is 16.1 Å². The third kappa shape index (κ3) is 4.05. The molecule has 1 aromatic rings. The van der Waals surface area contributed by atoms with Gasteiger partial charge >= 0.3 is 20.0 Å². The van der Waals surface area contributed by atoms with Crippen LogP contribution in [-0.4, -0.2) is 41.9 Å². The SMILES string of the molecule is [B]OC(=O)[C@@H](O/N=C(/C(=O)O)c1csc(C)n1)C(C)C. The van der Waals surface area contributed by atoms with Crippen LogP contribution in [0.1, 0.15) is 24.5 Å². The predicted octanol–water partition coefficient (Wildman–Crippen LogP) is 0.908. The van der Waals surface area contributed by atoms with Gasteiger partial charge in [0.2, 0.25) is 11.8 Å². The number of rotatable bonds is 6. The zero-order valence-electron chi connectivity index (χ0n) is 11.2. The molecule has 0 saturated heterocycles. The number of carboxylic acid groups (broad SMARTS) is 1. The summed E-state index contributed by atoms with van der Waals surface area (Å²) < 4.78 is 4.08. The minimum absolute atomic E-state index is 0.170. The quantitative estimate of drug-likeness (QED) is 0.476. The Morgan fingerprint density at radius 3 is 2.55 bits per heavy atom. The van der Waals surface area contributed by atoms with E-state index in [2.05, 4.69) is 14.8 Å². The predicted molar refractivity (Wildman–Crippen MR) is 72.6 cm³/mol. The van der Waals surface area contributed by atoms with Gasteiger partial charge in [0.25, 0.3) is 0 Å². The molecule has 1 rings (SSSR count). The first-order valence-electron chi connectivity index (χ1n) is 5.67. The Morgan fingerprint density at radius 1 is 1.50 bits per heavy atom. The Kier molecular flexibility index (Phi) is 5.69. The maximum absolute atomic E-state index is 11.4. The summed E-state index contributed by atoms with van der Waals surface area (Å²) in [7, 11) is 4.79. The summed E-state index contributed by atoms with van der Waals surface area (Å²) >= 11 is 1.28. The van der Waals surface area contributed by atoms with Gasteiger partial charge in [-0.15, -0.1) is 11.3 Å². The van der Waals surface area contributed by atoms with Gasteiger partial charge in [0.15, 0.2) is 0 Å². The topological polar surface area (TPSA) is 98.1 Å². The molecular formula is C11H13BN2O5S. The standard InChI is InChI=1S/C11H13BN2O5S/c1-5(2)9(11(17)18-12)19-14-8(10(15)16)7-4-20-6(3)13-7/h4-5,9H,1-3H3,(H,15,16)/b14-8+/t9-/m0/s1. The molecule has 20 heavy (non-hydrogen) atoms. The van der Waals surface area contributed by atoms with E-state index < -0.39 is 18.0 Å². The van der Waals surface area contributed by atoms with Crippen LogP contribution >= 0.6 is 11.3 Å². The van der Waals surface area contributed by atoms with Crippen molar-refractivity contribution in [1.82, 2.24) is 4.98 Å². The highest BCUT2D eigenvalue weighted by molar-refractivity contribution is 7.09. The van der Waals surface area contributed by atoms with E-state index in [-0.39, 0.29) is 17.3 Å². The van der Waals surface area contributed by atoms with Gasteiger partial charge in [-0.1, -0.05) is 19.0 Å². The molecule has 0 spiro atoms. The van der Waals surface area contributed by atoms with Crippen LogP contribution in [0.25, 0.3) is 0 Å². The second-order valence-electron chi connectivity index (χ2n) is 4.20. The molecular weight excluding hydrogens is 283 g/mol. The van der Waals surface area contributed by atoms with E-state index >= 15 is 0 Å². The lowest BCUT2D eigenvalue weighted by Crippen LogP contribution is -2.30. The molecule has 1 N–H and O–H groups in total. The molecule has 0 amide bonds. The third-order valence-electron chi connectivity index (χ3n) is 2.28. The molecule has 106 valence electrons. The monoisotopic (exact) mass is 296 g/mol. The van der Waals surface area contributed by atoms with Gasteiger partial charge in [-0.05, 0) is 6.92 Å². The zero-order chi connectivity index (χ0) is 15.3. The lowest BCUT2D eigenvalue weighted by molar-refractivity contribution is -0.150. The number of hydrogen-bond acceptors (Lipinski definition) is 7. The van der Waals surface area contributed by atoms with Crippen LogP contribution in [-0.2, 0) is 19.1 Å². The third-order valence-corrected chi connectivity index (χ3v) is 3.05. The zero-order valence-corrected chi connectivity index (χ0v) is 12.0. The van der Waals surface area contributed by atoms with E-state index in [9.17, 15) is 9.59 Å². The molecule has 1 heterocycles. The van der Waals surface area contributed by atoms with Crippen LogP contribution in [0.3, 0.4) is 0 Å². The van der Waals surface area contributed by atoms with Crippen molar-refractivity contribution < 1.29 is 24.2 Å². The molecule has 0 aliphatic heterocycles. The average molecular weight is 296 g/mol. The van der Waals surface area contributed by atoms with Crippen molar-refractivity contribution in [2.45, 2.75) is 26.9 Å². The molecule has 0 bridgehead atoms. The molecule has 0 aromatic carbocycles. The normalized spacial score (nSPS) is 13.1. The van der Waals surface area contributed by atoms with Gasteiger partial charge in [0.05, 0.1) is 5.01 Å². The molecule has 2 radical (unpaired) electrons. The first kappa shape index (κ1) is 16.2. The van der Waals surface area contributed by atoms with Crippen LogP contribution in [0, 0.1) is 12.8 Å². The van der Waals surface area contributed by atoms with Crippen molar-refractivity contribution in [2.24, 2.45) is 11.1 Å². The van der Waals surface area contributed by atoms with Crippen LogP contribution in [0.4, 0.5) is 0 Å². The largest absolute Gasteiger partial charge is 0.541 e. The molecule has 0 saturated carbocycles. The fourth-order valence-electron chi connectivity index (χ4n) is 1.28. The van der Waals surface area contributed by atoms with E-state index in [1.807, 2.05) is 0 Å². The first-order valence-corrected chi connectivity index (χ1v) is 6.55. The fourth-order valence-corrected chi connectivity index (χ4v) is 1.88. The second-order valence-corrected chi connectivity index (χ2v) is 5.27. The molecule has 9 heteroatoms. The number of carbonyl (C=O) groups excluding carboxylic acids is 1. The van der Waals surface area contributed by atoms with Crippen molar-refractivity contribution >= 4 is 37.0 Å². The van der Waals surface area contributed by atoms with E-state index in [0.29, 0.717) is 5.01 Å². The average Bonchev–Trinajstić information content (AvgIpc) is 2.79. The number of aliphatic carboxylic acids is 1. The van der Waals surface area contributed by atoms with Crippen molar-refractivity contribution in [3.8, 4) is 0 Å². The smallest absolute Gasteiger partial charge is 0.378 e. The van der Waals surface area contributed by atoms with E-state index in [1.165, 1.54) is 16.7 Å². The highest BCUT2D eigenvalue weighted by Crippen LogP contribution is 2.12. The van der Waals surface area contributed by atoms with Crippen LogP contribution in [0.5, 0.6) is 0 Å². The Labute approximate surface area is 121 Å². The summed E-state index contributed by atoms with van der Waals surface area (Å²) in [5.74, 6) is -2.43. The minimum atomic E-state index is -1.31. The molecule has 0 aliphatic rings. The first-order chi connectivity index (χ1) is 9.36. The maximum Gasteiger partial charge on any atom is 0.378 e. The number of carbonyl (C=O) groups is 2. The number of aromatic nitrogens is 1. The Bertz CT molecular complexity index is 529. The van der Waals surface area contributed by atoms with Gasteiger partial charge in [0.1, 0.15) is 5.69 Å². The van der Waals surface area contributed by atoms with Crippen LogP contribution < -0.4 is 0 Å². The highest BCUT2D eigenvalue weighted by atomic mass is 32.1. The van der Waals surface area contributed by atoms with Gasteiger partial charge in [0, 0.05) is 11.3 Å². The number of carboxylic acids is 1. The summed E-state index contributed by atoms with van der Waals surface area (Å²) in [6.45, 7) is 5.10. The van der Waals surface area contributed by atoms with E-state index in [0.717, 1.165) is 0 Å². The number of nitrogens with zero attached hydrogens (tertiary/aromatic N) is 2. The van der Waals surface area contributed by atoms with Crippen LogP contribution in [0.15, 0.2) is 10.5 Å². The summed E-state index contributed by atoms with van der Waals surface area (Å²) in [5.41, 5.74) is -0.214. The Hall–Kier alpha value is -1.90. The summed E-state index contributed by atoms with van der Waals surface area (Å²) in [6.07, 6.45) is -1.09. The highest BCUT2D eigenvalue weighted by Gasteiger charge is 2.26. The number of thiazole rings is 1. The molecule has 0 fully saturated rings. The molecule has 1 atom stereocenters. The van der Waals surface area contributed by atoms with Gasteiger partial charge in [-0.25, -0.2) is 14.6 Å². The number of aryl methyl sites for hydroxylation is 1. The number of hydrogen-bond donors (Lipinski definition) is 1. The van der Waals surface area contributed by atoms with Crippen molar-refractivity contribution in [1.29, 1.82) is 0 Å². The number of oxime groups is 1. The summed E-state index contributed by atoms with van der Waals surface area (Å²) in [6, 6.07) is 0. The van der Waals surface area contributed by atoms with E-state index in [1.54, 1.807) is 20.8 Å². The van der Waals surface area contributed by atoms with Gasteiger partial charge in [-0.2, -0.15) is 0 Å². The Balaban J connectivity index is 2.97.